The molecule has 0 spiro atoms. The number of aliphatic hydroxyl groups is 8. The van der Waals surface area contributed by atoms with Crippen LogP contribution < -0.4 is 14.9 Å². The van der Waals surface area contributed by atoms with Crippen LogP contribution in [0.2, 0.25) is 0 Å². The summed E-state index contributed by atoms with van der Waals surface area (Å²) in [6, 6.07) is 7.35. The molecule has 43 heavy (non-hydrogen) atoms. The number of hydrogen-bond donors (Lipinski definition) is 10. The summed E-state index contributed by atoms with van der Waals surface area (Å²) in [7, 11) is 0. The molecule has 5 rings (SSSR count). The lowest BCUT2D eigenvalue weighted by Crippen LogP contribution is -2.60. The molecule has 234 valence electrons. The number of rotatable bonds is 7. The number of ether oxygens (including phenoxy) is 4. The van der Waals surface area contributed by atoms with Crippen molar-refractivity contribution in [2.75, 3.05) is 13.2 Å². The molecule has 0 aliphatic carbocycles. The molecule has 3 heterocycles. The summed E-state index contributed by atoms with van der Waals surface area (Å²) >= 11 is 0. The predicted molar refractivity (Wildman–Crippen MR) is 140 cm³/mol. The number of aliphatic hydroxyl groups excluding tert-OH is 8. The number of hydrogen-bond acceptors (Lipinski definition) is 16. The Labute approximate surface area is 241 Å². The molecule has 1 aromatic heterocycles. The van der Waals surface area contributed by atoms with Crippen LogP contribution in [0.4, 0.5) is 0 Å². The van der Waals surface area contributed by atoms with E-state index in [1.807, 2.05) is 0 Å². The Kier molecular flexibility index (Phi) is 8.77. The number of fused-ring (bicyclic) bond motifs is 1. The molecule has 10 atom stereocenters. The van der Waals surface area contributed by atoms with E-state index in [0.29, 0.717) is 0 Å². The second-order valence-electron chi connectivity index (χ2n) is 10.1. The van der Waals surface area contributed by atoms with Crippen LogP contribution in [0.1, 0.15) is 0 Å². The third-order valence-electron chi connectivity index (χ3n) is 7.22. The van der Waals surface area contributed by atoms with E-state index in [2.05, 4.69) is 0 Å². The summed E-state index contributed by atoms with van der Waals surface area (Å²) in [5, 5.41) is 100. The first-order valence-electron chi connectivity index (χ1n) is 13.0. The number of phenols is 2. The summed E-state index contributed by atoms with van der Waals surface area (Å²) in [6.07, 6.45) is -16.6. The minimum absolute atomic E-state index is 0.129. The fraction of sp³-hybridized carbons (Fsp3) is 0.444. The van der Waals surface area contributed by atoms with Gasteiger partial charge >= 0.3 is 0 Å². The standard InChI is InChI=1S/C27H30O16/c28-7-14-17(32)20(35)22(37)26(41-14)39-11-5-12(31)16-13(6-11)40-24(9-1-3-10(30)4-2-9)25(19(16)34)43-27-23(38)21(36)18(33)15(8-29)42-27/h1-6,14-15,17-18,20-23,26-33,35-38H,7-8H2/t14-,15+,17-,18+,20-,21+,22-,23+,26-,27-/m0/s1. The Bertz CT molecular complexity index is 1490. The molecule has 3 aromatic rings. The van der Waals surface area contributed by atoms with E-state index in [1.54, 1.807) is 0 Å². The van der Waals surface area contributed by atoms with Gasteiger partial charge in [0.05, 0.1) is 13.2 Å². The normalized spacial score (nSPS) is 32.9. The Morgan fingerprint density at radius 3 is 1.77 bits per heavy atom. The molecule has 2 saturated heterocycles. The molecule has 2 aromatic carbocycles. The van der Waals surface area contributed by atoms with Crippen LogP contribution in [0, 0.1) is 0 Å². The molecule has 0 bridgehead atoms. The van der Waals surface area contributed by atoms with Gasteiger partial charge < -0.3 is 74.4 Å². The highest BCUT2D eigenvalue weighted by Crippen LogP contribution is 2.38. The van der Waals surface area contributed by atoms with Crippen LogP contribution in [-0.4, -0.2) is 126 Å². The first-order valence-corrected chi connectivity index (χ1v) is 13.0. The lowest BCUT2D eigenvalue weighted by molar-refractivity contribution is -0.277. The molecular weight excluding hydrogens is 580 g/mol. The van der Waals surface area contributed by atoms with Gasteiger partial charge in [0.2, 0.25) is 23.8 Å². The average Bonchev–Trinajstić information content (AvgIpc) is 2.98. The van der Waals surface area contributed by atoms with Crippen LogP contribution >= 0.6 is 0 Å². The predicted octanol–water partition coefficient (Wildman–Crippen LogP) is -2.77. The van der Waals surface area contributed by atoms with Gasteiger partial charge in [0, 0.05) is 17.7 Å². The summed E-state index contributed by atoms with van der Waals surface area (Å²) < 4.78 is 27.8. The highest BCUT2D eigenvalue weighted by Gasteiger charge is 2.46. The van der Waals surface area contributed by atoms with E-state index in [9.17, 15) is 55.9 Å². The van der Waals surface area contributed by atoms with Crippen molar-refractivity contribution in [3.05, 3.63) is 46.6 Å². The van der Waals surface area contributed by atoms with Crippen LogP contribution in [0.25, 0.3) is 22.3 Å². The van der Waals surface area contributed by atoms with Crippen LogP contribution in [-0.2, 0) is 9.47 Å². The molecule has 10 N–H and O–H groups in total. The van der Waals surface area contributed by atoms with E-state index in [-0.39, 0.29) is 28.4 Å². The van der Waals surface area contributed by atoms with Gasteiger partial charge in [-0.05, 0) is 24.3 Å². The first-order chi connectivity index (χ1) is 20.4. The lowest BCUT2D eigenvalue weighted by atomic mass is 9.99. The molecule has 0 radical (unpaired) electrons. The summed E-state index contributed by atoms with van der Waals surface area (Å²) in [4.78, 5) is 13.7. The van der Waals surface area contributed by atoms with Crippen molar-refractivity contribution in [2.24, 2.45) is 0 Å². The van der Waals surface area contributed by atoms with Crippen molar-refractivity contribution >= 4 is 11.0 Å². The highest BCUT2D eigenvalue weighted by molar-refractivity contribution is 5.88. The Hall–Kier alpha value is -3.55. The Morgan fingerprint density at radius 1 is 0.698 bits per heavy atom. The minimum atomic E-state index is -1.89. The van der Waals surface area contributed by atoms with Gasteiger partial charge in [-0.3, -0.25) is 4.79 Å². The Morgan fingerprint density at radius 2 is 1.23 bits per heavy atom. The van der Waals surface area contributed by atoms with Crippen molar-refractivity contribution in [1.82, 2.24) is 0 Å². The smallest absolute Gasteiger partial charge is 0.239 e. The van der Waals surface area contributed by atoms with Gasteiger partial charge in [-0.2, -0.15) is 0 Å². The quantitative estimate of drug-likeness (QED) is 0.130. The van der Waals surface area contributed by atoms with Gasteiger partial charge in [-0.1, -0.05) is 0 Å². The maximum absolute atomic E-state index is 13.7. The van der Waals surface area contributed by atoms with Gasteiger partial charge in [0.25, 0.3) is 0 Å². The van der Waals surface area contributed by atoms with E-state index in [0.717, 1.165) is 12.1 Å². The summed E-state index contributed by atoms with van der Waals surface area (Å²) in [5.74, 6) is -1.96. The van der Waals surface area contributed by atoms with Crippen LogP contribution in [0.3, 0.4) is 0 Å². The molecular formula is C27H30O16. The highest BCUT2D eigenvalue weighted by atomic mass is 16.7. The first kappa shape index (κ1) is 30.9. The fourth-order valence-corrected chi connectivity index (χ4v) is 4.82. The molecule has 2 aliphatic heterocycles. The minimum Gasteiger partial charge on any atom is -0.508 e. The topological polar surface area (TPSA) is 269 Å². The molecule has 2 aliphatic rings. The second-order valence-corrected chi connectivity index (χ2v) is 10.1. The van der Waals surface area contributed by atoms with Crippen molar-refractivity contribution < 1.29 is 74.4 Å². The van der Waals surface area contributed by atoms with Crippen molar-refractivity contribution in [3.63, 3.8) is 0 Å². The van der Waals surface area contributed by atoms with Crippen molar-refractivity contribution in [2.45, 2.75) is 61.4 Å². The number of aromatic hydroxyl groups is 2. The van der Waals surface area contributed by atoms with E-state index >= 15 is 0 Å². The van der Waals surface area contributed by atoms with Gasteiger partial charge in [-0.25, -0.2) is 0 Å². The average molecular weight is 611 g/mol. The zero-order valence-corrected chi connectivity index (χ0v) is 22.1. The summed E-state index contributed by atoms with van der Waals surface area (Å²) in [5.41, 5.74) is -1.11. The van der Waals surface area contributed by atoms with Crippen LogP contribution in [0.15, 0.2) is 45.6 Å². The monoisotopic (exact) mass is 610 g/mol. The van der Waals surface area contributed by atoms with Crippen molar-refractivity contribution in [1.29, 1.82) is 0 Å². The molecule has 16 nitrogen and oxygen atoms in total. The zero-order chi connectivity index (χ0) is 31.2. The molecule has 0 amide bonds. The third-order valence-corrected chi connectivity index (χ3v) is 7.22. The number of phenolic OH excluding ortho intramolecular Hbond substituents is 2. The Balaban J connectivity index is 1.58. The SMILES string of the molecule is O=c1c(O[C@@H]2O[C@H](CO)[C@@H](O)[C@@H](O)[C@H]2O)c(-c2ccc(O)cc2)oc2cc(O[C@H]3O[C@@H](CO)[C@H](O)[C@H](O)[C@@H]3O)cc(O)c12. The van der Waals surface area contributed by atoms with E-state index in [4.69, 9.17) is 23.4 Å². The fourth-order valence-electron chi connectivity index (χ4n) is 4.82. The lowest BCUT2D eigenvalue weighted by Gasteiger charge is -2.39. The number of benzene rings is 2. The second kappa shape index (κ2) is 12.2. The maximum atomic E-state index is 13.7. The van der Waals surface area contributed by atoms with Gasteiger partial charge in [-0.15, -0.1) is 0 Å². The van der Waals surface area contributed by atoms with E-state index < -0.39 is 96.9 Å². The van der Waals surface area contributed by atoms with E-state index in [1.165, 1.54) is 24.3 Å². The van der Waals surface area contributed by atoms with Crippen LogP contribution in [0.5, 0.6) is 23.0 Å². The molecule has 16 heteroatoms. The zero-order valence-electron chi connectivity index (χ0n) is 22.1. The third kappa shape index (κ3) is 5.73. The molecule has 0 unspecified atom stereocenters. The molecule has 2 fully saturated rings. The maximum Gasteiger partial charge on any atom is 0.239 e. The largest absolute Gasteiger partial charge is 0.508 e. The van der Waals surface area contributed by atoms with Gasteiger partial charge in [0.1, 0.15) is 77.0 Å². The summed E-state index contributed by atoms with van der Waals surface area (Å²) in [6.45, 7) is -1.48. The molecule has 0 saturated carbocycles. The van der Waals surface area contributed by atoms with Crippen molar-refractivity contribution in [3.8, 4) is 34.3 Å². The van der Waals surface area contributed by atoms with Gasteiger partial charge in [0.15, 0.2) is 5.76 Å².